The predicted molar refractivity (Wildman–Crippen MR) is 114 cm³/mol. The second kappa shape index (κ2) is 9.12. The lowest BCUT2D eigenvalue weighted by Crippen LogP contribution is -2.13. The minimum atomic E-state index is -0.495. The van der Waals surface area contributed by atoms with Crippen LogP contribution < -0.4 is 5.32 Å². The van der Waals surface area contributed by atoms with Crippen molar-refractivity contribution in [2.45, 2.75) is 9.10 Å². The van der Waals surface area contributed by atoms with Crippen LogP contribution in [0.5, 0.6) is 0 Å². The molecule has 1 amide bonds. The normalized spacial score (nSPS) is 11.1. The summed E-state index contributed by atoms with van der Waals surface area (Å²) in [5, 5.41) is 13.1. The summed E-state index contributed by atoms with van der Waals surface area (Å²) in [6.07, 6.45) is 1.57. The molecule has 0 spiro atoms. The number of halogens is 2. The number of hydrogen-bond acceptors (Lipinski definition) is 4. The van der Waals surface area contributed by atoms with E-state index in [1.54, 1.807) is 42.1 Å². The molecule has 0 aliphatic heterocycles. The van der Waals surface area contributed by atoms with Crippen LogP contribution in [-0.4, -0.2) is 5.91 Å². The lowest BCUT2D eigenvalue weighted by molar-refractivity contribution is -0.112. The average Bonchev–Trinajstić information content (AvgIpc) is 3.10. The largest absolute Gasteiger partial charge is 0.320 e. The maximum Gasteiger partial charge on any atom is 0.266 e. The highest BCUT2D eigenvalue weighted by atomic mass is 35.5. The molecule has 0 aliphatic carbocycles. The van der Waals surface area contributed by atoms with Gasteiger partial charge in [0.15, 0.2) is 0 Å². The lowest BCUT2D eigenvalue weighted by Gasteiger charge is -2.05. The molecule has 1 aromatic heterocycles. The van der Waals surface area contributed by atoms with Crippen LogP contribution in [0, 0.1) is 11.3 Å². The highest BCUT2D eigenvalue weighted by molar-refractivity contribution is 8.01. The minimum absolute atomic E-state index is 0.0137. The standard InChI is InChI=1S/C20H12Cl2N2OS2/c21-14-5-7-15(8-6-14)26-19-10-9-16(27-19)11-13(12-23)20(25)24-18-4-2-1-3-17(18)22/h1-11H,(H,24,25). The van der Waals surface area contributed by atoms with Crippen molar-refractivity contribution in [2.24, 2.45) is 0 Å². The molecular formula is C20H12Cl2N2OS2. The number of rotatable bonds is 5. The van der Waals surface area contributed by atoms with Crippen molar-refractivity contribution in [2.75, 3.05) is 5.32 Å². The first kappa shape index (κ1) is 19.5. The Morgan fingerprint density at radius 1 is 1.07 bits per heavy atom. The summed E-state index contributed by atoms with van der Waals surface area (Å²) in [5.41, 5.74) is 0.482. The third-order valence-corrected chi connectivity index (χ3v) is 6.16. The Morgan fingerprint density at radius 2 is 1.81 bits per heavy atom. The molecule has 0 saturated carbocycles. The van der Waals surface area contributed by atoms with Crippen LogP contribution in [0.2, 0.25) is 10.0 Å². The summed E-state index contributed by atoms with van der Waals surface area (Å²) in [7, 11) is 0. The smallest absolute Gasteiger partial charge is 0.266 e. The first-order valence-electron chi connectivity index (χ1n) is 7.76. The van der Waals surface area contributed by atoms with Gasteiger partial charge in [0, 0.05) is 14.8 Å². The molecule has 134 valence electrons. The number of nitrogens with one attached hydrogen (secondary N) is 1. The number of nitrogens with zero attached hydrogens (tertiary/aromatic N) is 1. The second-order valence-corrected chi connectivity index (χ2v) is 8.65. The SMILES string of the molecule is N#CC(=Cc1ccc(Sc2ccc(Cl)cc2)s1)C(=O)Nc1ccccc1Cl. The van der Waals surface area contributed by atoms with Crippen molar-refractivity contribution in [1.29, 1.82) is 5.26 Å². The van der Waals surface area contributed by atoms with Crippen molar-refractivity contribution >= 4 is 64.0 Å². The van der Waals surface area contributed by atoms with E-state index in [4.69, 9.17) is 23.2 Å². The van der Waals surface area contributed by atoms with E-state index in [9.17, 15) is 10.1 Å². The number of benzene rings is 2. The summed E-state index contributed by atoms with van der Waals surface area (Å²) < 4.78 is 1.05. The van der Waals surface area contributed by atoms with E-state index in [1.165, 1.54) is 11.3 Å². The number of carbonyl (C=O) groups excluding carboxylic acids is 1. The molecule has 0 atom stereocenters. The number of amides is 1. The van der Waals surface area contributed by atoms with Gasteiger partial charge in [-0.2, -0.15) is 5.26 Å². The van der Waals surface area contributed by atoms with E-state index in [2.05, 4.69) is 5.32 Å². The Labute approximate surface area is 175 Å². The van der Waals surface area contributed by atoms with Crippen LogP contribution in [0.3, 0.4) is 0 Å². The van der Waals surface area contributed by atoms with Gasteiger partial charge in [-0.05, 0) is 54.6 Å². The molecule has 0 radical (unpaired) electrons. The van der Waals surface area contributed by atoms with E-state index in [1.807, 2.05) is 42.5 Å². The van der Waals surface area contributed by atoms with Crippen LogP contribution >= 0.6 is 46.3 Å². The van der Waals surface area contributed by atoms with Gasteiger partial charge in [-0.25, -0.2) is 0 Å². The number of hydrogen-bond donors (Lipinski definition) is 1. The van der Waals surface area contributed by atoms with Gasteiger partial charge in [-0.1, -0.05) is 47.1 Å². The Bertz CT molecular complexity index is 1040. The van der Waals surface area contributed by atoms with Gasteiger partial charge < -0.3 is 5.32 Å². The Morgan fingerprint density at radius 3 is 2.52 bits per heavy atom. The van der Waals surface area contributed by atoms with Crippen molar-refractivity contribution < 1.29 is 4.79 Å². The zero-order chi connectivity index (χ0) is 19.2. The molecule has 3 rings (SSSR count). The number of anilines is 1. The third-order valence-electron chi connectivity index (χ3n) is 3.41. The molecule has 1 heterocycles. The van der Waals surface area contributed by atoms with Gasteiger partial charge in [-0.3, -0.25) is 4.79 Å². The number of nitriles is 1. The quantitative estimate of drug-likeness (QED) is 0.359. The lowest BCUT2D eigenvalue weighted by atomic mass is 10.2. The molecule has 0 saturated heterocycles. The average molecular weight is 431 g/mol. The van der Waals surface area contributed by atoms with Crippen molar-refractivity contribution in [3.05, 3.63) is 81.2 Å². The van der Waals surface area contributed by atoms with Gasteiger partial charge in [-0.15, -0.1) is 11.3 Å². The van der Waals surface area contributed by atoms with E-state index < -0.39 is 5.91 Å². The third kappa shape index (κ3) is 5.38. The van der Waals surface area contributed by atoms with Crippen molar-refractivity contribution in [1.82, 2.24) is 0 Å². The van der Waals surface area contributed by atoms with Crippen LogP contribution in [0.15, 0.2) is 75.3 Å². The van der Waals surface area contributed by atoms with Crippen LogP contribution in [-0.2, 0) is 4.79 Å². The monoisotopic (exact) mass is 430 g/mol. The maximum absolute atomic E-state index is 12.4. The summed E-state index contributed by atoms with van der Waals surface area (Å²) in [5.74, 6) is -0.495. The molecule has 2 aromatic carbocycles. The van der Waals surface area contributed by atoms with Gasteiger partial charge >= 0.3 is 0 Å². The summed E-state index contributed by atoms with van der Waals surface area (Å²) in [6, 6.07) is 20.2. The predicted octanol–water partition coefficient (Wildman–Crippen LogP) is 6.75. The molecular weight excluding hydrogens is 419 g/mol. The fraction of sp³-hybridized carbons (Fsp3) is 0. The molecule has 1 N–H and O–H groups in total. The van der Waals surface area contributed by atoms with E-state index in [0.717, 1.165) is 14.0 Å². The van der Waals surface area contributed by atoms with Gasteiger partial charge in [0.2, 0.25) is 0 Å². The fourth-order valence-electron chi connectivity index (χ4n) is 2.13. The maximum atomic E-state index is 12.4. The molecule has 0 bridgehead atoms. The van der Waals surface area contributed by atoms with Crippen LogP contribution in [0.25, 0.3) is 6.08 Å². The van der Waals surface area contributed by atoms with Gasteiger partial charge in [0.25, 0.3) is 5.91 Å². The molecule has 27 heavy (non-hydrogen) atoms. The first-order valence-corrected chi connectivity index (χ1v) is 10.1. The molecule has 0 unspecified atom stereocenters. The number of para-hydroxylation sites is 1. The molecule has 0 aliphatic rings. The molecule has 3 aromatic rings. The fourth-order valence-corrected chi connectivity index (χ4v) is 4.50. The van der Waals surface area contributed by atoms with Crippen molar-refractivity contribution in [3.63, 3.8) is 0 Å². The highest BCUT2D eigenvalue weighted by Crippen LogP contribution is 2.34. The Kier molecular flexibility index (Phi) is 6.59. The summed E-state index contributed by atoms with van der Waals surface area (Å²) in [4.78, 5) is 14.2. The zero-order valence-corrected chi connectivity index (χ0v) is 16.9. The number of carbonyl (C=O) groups is 1. The molecule has 3 nitrogen and oxygen atoms in total. The molecule has 7 heteroatoms. The van der Waals surface area contributed by atoms with E-state index in [0.29, 0.717) is 15.7 Å². The van der Waals surface area contributed by atoms with Gasteiger partial charge in [0.1, 0.15) is 11.6 Å². The topological polar surface area (TPSA) is 52.9 Å². The highest BCUT2D eigenvalue weighted by Gasteiger charge is 2.12. The Balaban J connectivity index is 1.73. The first-order chi connectivity index (χ1) is 13.0. The van der Waals surface area contributed by atoms with Crippen LogP contribution in [0.4, 0.5) is 5.69 Å². The van der Waals surface area contributed by atoms with Crippen molar-refractivity contribution in [3.8, 4) is 6.07 Å². The minimum Gasteiger partial charge on any atom is -0.320 e. The van der Waals surface area contributed by atoms with E-state index >= 15 is 0 Å². The summed E-state index contributed by atoms with van der Waals surface area (Å²) in [6.45, 7) is 0. The number of thiophene rings is 1. The zero-order valence-electron chi connectivity index (χ0n) is 13.8. The molecule has 0 fully saturated rings. The van der Waals surface area contributed by atoms with Crippen LogP contribution in [0.1, 0.15) is 4.88 Å². The van der Waals surface area contributed by atoms with E-state index in [-0.39, 0.29) is 5.57 Å². The van der Waals surface area contributed by atoms with Gasteiger partial charge in [0.05, 0.1) is 14.9 Å². The second-order valence-electron chi connectivity index (χ2n) is 5.32. The summed E-state index contributed by atoms with van der Waals surface area (Å²) >= 11 is 15.0. The Hall–Kier alpha value is -2.23.